The molecular formula is C14H23N3O3S. The van der Waals surface area contributed by atoms with Gasteiger partial charge in [-0.1, -0.05) is 0 Å². The Balaban J connectivity index is 1.88. The third-order valence-electron chi connectivity index (χ3n) is 4.24. The molecule has 0 spiro atoms. The Morgan fingerprint density at radius 3 is 2.81 bits per heavy atom. The van der Waals surface area contributed by atoms with Crippen molar-refractivity contribution in [1.82, 2.24) is 13.9 Å². The third kappa shape index (κ3) is 3.30. The number of rotatable bonds is 6. The lowest BCUT2D eigenvalue weighted by atomic mass is 10.0. The first-order chi connectivity index (χ1) is 9.99. The van der Waals surface area contributed by atoms with Crippen molar-refractivity contribution in [2.45, 2.75) is 38.8 Å². The van der Waals surface area contributed by atoms with Crippen LogP contribution in [0.1, 0.15) is 37.1 Å². The van der Waals surface area contributed by atoms with Gasteiger partial charge >= 0.3 is 0 Å². The SMILES string of the molecule is CCOC[C@H]1CN(S(C)(=O)=O)Cc2ncn(CC3CC3)c21. The molecule has 1 saturated carbocycles. The second-order valence-corrected chi connectivity index (χ2v) is 8.07. The summed E-state index contributed by atoms with van der Waals surface area (Å²) >= 11 is 0. The minimum absolute atomic E-state index is 0.0738. The van der Waals surface area contributed by atoms with Crippen molar-refractivity contribution < 1.29 is 13.2 Å². The number of hydrogen-bond acceptors (Lipinski definition) is 4. The van der Waals surface area contributed by atoms with Crippen molar-refractivity contribution >= 4 is 10.0 Å². The van der Waals surface area contributed by atoms with Crippen LogP contribution in [-0.4, -0.2) is 48.3 Å². The summed E-state index contributed by atoms with van der Waals surface area (Å²) in [5.41, 5.74) is 2.06. The highest BCUT2D eigenvalue weighted by molar-refractivity contribution is 7.88. The van der Waals surface area contributed by atoms with E-state index in [0.717, 1.165) is 18.2 Å². The van der Waals surface area contributed by atoms with Crippen molar-refractivity contribution in [2.24, 2.45) is 5.92 Å². The molecule has 1 aliphatic heterocycles. The predicted octanol–water partition coefficient (Wildman–Crippen LogP) is 1.19. The lowest BCUT2D eigenvalue weighted by Crippen LogP contribution is -2.39. The van der Waals surface area contributed by atoms with Gasteiger partial charge in [-0.3, -0.25) is 0 Å². The smallest absolute Gasteiger partial charge is 0.211 e. The Kier molecular flexibility index (Phi) is 4.07. The average molecular weight is 313 g/mol. The minimum Gasteiger partial charge on any atom is -0.381 e. The Morgan fingerprint density at radius 2 is 2.19 bits per heavy atom. The maximum atomic E-state index is 11.9. The van der Waals surface area contributed by atoms with E-state index in [1.54, 1.807) is 0 Å². The highest BCUT2D eigenvalue weighted by Crippen LogP contribution is 2.34. The molecule has 0 saturated heterocycles. The number of fused-ring (bicyclic) bond motifs is 1. The first-order valence-electron chi connectivity index (χ1n) is 7.55. The number of imidazole rings is 1. The van der Waals surface area contributed by atoms with E-state index in [0.29, 0.717) is 26.3 Å². The molecule has 0 bridgehead atoms. The van der Waals surface area contributed by atoms with Gasteiger partial charge in [0.25, 0.3) is 0 Å². The van der Waals surface area contributed by atoms with Crippen molar-refractivity contribution in [1.29, 1.82) is 0 Å². The Bertz CT molecular complexity index is 607. The zero-order valence-corrected chi connectivity index (χ0v) is 13.5. The number of nitrogens with zero attached hydrogens (tertiary/aromatic N) is 3. The average Bonchev–Trinajstić information content (AvgIpc) is 3.14. The highest BCUT2D eigenvalue weighted by atomic mass is 32.2. The second-order valence-electron chi connectivity index (χ2n) is 6.08. The zero-order chi connectivity index (χ0) is 15.0. The first kappa shape index (κ1) is 15.0. The van der Waals surface area contributed by atoms with Gasteiger partial charge in [-0.05, 0) is 25.7 Å². The van der Waals surface area contributed by atoms with Gasteiger partial charge in [0, 0.05) is 31.3 Å². The molecule has 6 nitrogen and oxygen atoms in total. The van der Waals surface area contributed by atoms with Crippen LogP contribution in [0.15, 0.2) is 6.33 Å². The lowest BCUT2D eigenvalue weighted by Gasteiger charge is -2.31. The number of ether oxygens (including phenoxy) is 1. The molecule has 1 fully saturated rings. The maximum Gasteiger partial charge on any atom is 0.211 e. The monoisotopic (exact) mass is 313 g/mol. The van der Waals surface area contributed by atoms with Crippen LogP contribution in [-0.2, 0) is 27.8 Å². The second kappa shape index (κ2) is 5.70. The fourth-order valence-electron chi connectivity index (χ4n) is 2.96. The molecule has 0 unspecified atom stereocenters. The Labute approximate surface area is 126 Å². The van der Waals surface area contributed by atoms with Gasteiger partial charge in [0.15, 0.2) is 0 Å². The van der Waals surface area contributed by atoms with Crippen LogP contribution in [0.5, 0.6) is 0 Å². The quantitative estimate of drug-likeness (QED) is 0.791. The van der Waals surface area contributed by atoms with E-state index in [9.17, 15) is 8.42 Å². The van der Waals surface area contributed by atoms with Gasteiger partial charge in [0.05, 0.1) is 31.4 Å². The summed E-state index contributed by atoms with van der Waals surface area (Å²) in [5.74, 6) is 0.841. The molecule has 0 radical (unpaired) electrons. The summed E-state index contributed by atoms with van der Waals surface area (Å²) in [5, 5.41) is 0. The molecule has 0 N–H and O–H groups in total. The number of sulfonamides is 1. The fourth-order valence-corrected chi connectivity index (χ4v) is 3.77. The van der Waals surface area contributed by atoms with Crippen LogP contribution in [0.3, 0.4) is 0 Å². The van der Waals surface area contributed by atoms with E-state index < -0.39 is 10.0 Å². The van der Waals surface area contributed by atoms with Crippen LogP contribution in [0.25, 0.3) is 0 Å². The van der Waals surface area contributed by atoms with Gasteiger partial charge < -0.3 is 9.30 Å². The summed E-state index contributed by atoms with van der Waals surface area (Å²) in [6.45, 7) is 5.02. The summed E-state index contributed by atoms with van der Waals surface area (Å²) < 4.78 is 33.0. The Hall–Kier alpha value is -0.920. The van der Waals surface area contributed by atoms with E-state index in [4.69, 9.17) is 4.74 Å². The van der Waals surface area contributed by atoms with Gasteiger partial charge in [-0.25, -0.2) is 13.4 Å². The van der Waals surface area contributed by atoms with Gasteiger partial charge in [0.1, 0.15) is 0 Å². The topological polar surface area (TPSA) is 64.4 Å². The lowest BCUT2D eigenvalue weighted by molar-refractivity contribution is 0.118. The zero-order valence-electron chi connectivity index (χ0n) is 12.7. The first-order valence-corrected chi connectivity index (χ1v) is 9.40. The van der Waals surface area contributed by atoms with Crippen LogP contribution in [0.4, 0.5) is 0 Å². The van der Waals surface area contributed by atoms with Crippen LogP contribution in [0, 0.1) is 5.92 Å². The maximum absolute atomic E-state index is 11.9. The largest absolute Gasteiger partial charge is 0.381 e. The fraction of sp³-hybridized carbons (Fsp3) is 0.786. The highest BCUT2D eigenvalue weighted by Gasteiger charge is 2.34. The molecular weight excluding hydrogens is 290 g/mol. The molecule has 0 amide bonds. The molecule has 1 aromatic heterocycles. The van der Waals surface area contributed by atoms with Crippen molar-refractivity contribution in [3.05, 3.63) is 17.7 Å². The molecule has 21 heavy (non-hydrogen) atoms. The predicted molar refractivity (Wildman–Crippen MR) is 79.4 cm³/mol. The number of hydrogen-bond donors (Lipinski definition) is 0. The van der Waals surface area contributed by atoms with E-state index in [-0.39, 0.29) is 5.92 Å². The van der Waals surface area contributed by atoms with Crippen LogP contribution < -0.4 is 0 Å². The molecule has 118 valence electrons. The molecule has 3 rings (SSSR count). The summed E-state index contributed by atoms with van der Waals surface area (Å²) in [6, 6.07) is 0. The molecule has 1 atom stereocenters. The Morgan fingerprint density at radius 1 is 1.43 bits per heavy atom. The van der Waals surface area contributed by atoms with Crippen molar-refractivity contribution in [2.75, 3.05) is 26.0 Å². The van der Waals surface area contributed by atoms with E-state index in [2.05, 4.69) is 9.55 Å². The van der Waals surface area contributed by atoms with Crippen molar-refractivity contribution in [3.63, 3.8) is 0 Å². The van der Waals surface area contributed by atoms with Crippen molar-refractivity contribution in [3.8, 4) is 0 Å². The molecule has 2 heterocycles. The summed E-state index contributed by atoms with van der Waals surface area (Å²) in [7, 11) is -3.20. The van der Waals surface area contributed by atoms with E-state index in [1.807, 2.05) is 13.3 Å². The van der Waals surface area contributed by atoms with Gasteiger partial charge in [0.2, 0.25) is 10.0 Å². The van der Waals surface area contributed by atoms with E-state index >= 15 is 0 Å². The van der Waals surface area contributed by atoms with Gasteiger partial charge in [-0.15, -0.1) is 0 Å². The molecule has 0 aromatic carbocycles. The third-order valence-corrected chi connectivity index (χ3v) is 5.46. The molecule has 7 heteroatoms. The molecule has 2 aliphatic rings. The molecule has 1 aromatic rings. The summed E-state index contributed by atoms with van der Waals surface area (Å²) in [4.78, 5) is 4.46. The standard InChI is InChI=1S/C14H23N3O3S/c1-3-20-9-12-7-17(21(2,18)19)8-13-14(12)16(10-15-13)6-11-4-5-11/h10-12H,3-9H2,1-2H3/t12-/m1/s1. The van der Waals surface area contributed by atoms with E-state index in [1.165, 1.54) is 29.1 Å². The number of aromatic nitrogens is 2. The molecule has 1 aliphatic carbocycles. The van der Waals surface area contributed by atoms with Crippen LogP contribution in [0.2, 0.25) is 0 Å². The van der Waals surface area contributed by atoms with Gasteiger partial charge in [-0.2, -0.15) is 4.31 Å². The summed E-state index contributed by atoms with van der Waals surface area (Å²) in [6.07, 6.45) is 5.71. The van der Waals surface area contributed by atoms with Crippen LogP contribution >= 0.6 is 0 Å². The normalized spacial score (nSPS) is 23.2. The minimum atomic E-state index is -3.20.